The van der Waals surface area contributed by atoms with Gasteiger partial charge < -0.3 is 5.73 Å². The van der Waals surface area contributed by atoms with E-state index >= 15 is 0 Å². The summed E-state index contributed by atoms with van der Waals surface area (Å²) in [6.07, 6.45) is 1.87. The minimum atomic E-state index is 0.00574. The lowest BCUT2D eigenvalue weighted by Gasteiger charge is -2.00. The van der Waals surface area contributed by atoms with Crippen LogP contribution in [-0.2, 0) is 6.42 Å². The first-order valence-electron chi connectivity index (χ1n) is 5.04. The molecule has 0 amide bonds. The van der Waals surface area contributed by atoms with Crippen LogP contribution < -0.4 is 5.73 Å². The first kappa shape index (κ1) is 10.4. The summed E-state index contributed by atoms with van der Waals surface area (Å²) in [6.45, 7) is 0. The Morgan fingerprint density at radius 1 is 1.12 bits per heavy atom. The molecule has 0 saturated carbocycles. The van der Waals surface area contributed by atoms with Crippen molar-refractivity contribution in [1.29, 1.82) is 0 Å². The predicted molar refractivity (Wildman–Crippen MR) is 63.1 cm³/mol. The molecule has 0 aliphatic rings. The number of carbonyl (C=O) groups is 1. The molecule has 0 unspecified atom stereocenters. The number of hydrogen-bond acceptors (Lipinski definition) is 3. The van der Waals surface area contributed by atoms with Crippen LogP contribution in [0.3, 0.4) is 0 Å². The Bertz CT molecular complexity index is 477. The molecule has 1 heterocycles. The third-order valence-electron chi connectivity index (χ3n) is 2.28. The second-order valence-corrected chi connectivity index (χ2v) is 3.56. The predicted octanol–water partition coefficient (Wildman–Crippen LogP) is 2.09. The number of anilines is 1. The summed E-state index contributed by atoms with van der Waals surface area (Å²) in [5.74, 6) is 0.00574. The number of carbonyl (C=O) groups excluding carboxylic acids is 1. The minimum Gasteiger partial charge on any atom is -0.397 e. The van der Waals surface area contributed by atoms with Crippen molar-refractivity contribution in [1.82, 2.24) is 4.98 Å². The summed E-state index contributed by atoms with van der Waals surface area (Å²) in [5, 5.41) is 0. The van der Waals surface area contributed by atoms with Crippen LogP contribution in [0.25, 0.3) is 0 Å². The van der Waals surface area contributed by atoms with Crippen molar-refractivity contribution in [3.05, 3.63) is 59.9 Å². The molecule has 0 bridgehead atoms. The number of Topliss-reactive ketones (excluding diaryl/α,β-unsaturated/α-hetero) is 1. The molecule has 1 aromatic heterocycles. The number of nitrogens with two attached hydrogens (primary N) is 1. The van der Waals surface area contributed by atoms with Crippen molar-refractivity contribution in [2.75, 3.05) is 5.73 Å². The van der Waals surface area contributed by atoms with Gasteiger partial charge in [-0.2, -0.15) is 0 Å². The number of nitrogens with zero attached hydrogens (tertiary/aromatic N) is 1. The maximum absolute atomic E-state index is 11.8. The number of hydrogen-bond donors (Lipinski definition) is 1. The molecule has 0 aliphatic heterocycles. The molecular weight excluding hydrogens is 200 g/mol. The fraction of sp³-hybridized carbons (Fsp3) is 0.0769. The van der Waals surface area contributed by atoms with E-state index in [1.807, 2.05) is 30.3 Å². The summed E-state index contributed by atoms with van der Waals surface area (Å²) in [7, 11) is 0. The standard InChI is InChI=1S/C13H12N2O/c14-11-6-7-12(15-9-11)13(16)8-10-4-2-1-3-5-10/h1-7,9H,8,14H2. The summed E-state index contributed by atoms with van der Waals surface area (Å²) >= 11 is 0. The summed E-state index contributed by atoms with van der Waals surface area (Å²) in [6, 6.07) is 12.9. The maximum Gasteiger partial charge on any atom is 0.185 e. The zero-order valence-corrected chi connectivity index (χ0v) is 8.76. The average molecular weight is 212 g/mol. The van der Waals surface area contributed by atoms with Crippen LogP contribution in [0.4, 0.5) is 5.69 Å². The van der Waals surface area contributed by atoms with E-state index in [0.717, 1.165) is 5.56 Å². The summed E-state index contributed by atoms with van der Waals surface area (Å²) in [5.41, 5.74) is 7.52. The van der Waals surface area contributed by atoms with Gasteiger partial charge in [0.25, 0.3) is 0 Å². The first-order chi connectivity index (χ1) is 7.75. The SMILES string of the molecule is Nc1ccc(C(=O)Cc2ccccc2)nc1. The van der Waals surface area contributed by atoms with Gasteiger partial charge in [0.05, 0.1) is 11.9 Å². The van der Waals surface area contributed by atoms with Gasteiger partial charge in [0.2, 0.25) is 0 Å². The molecule has 1 aromatic carbocycles. The van der Waals surface area contributed by atoms with Crippen LogP contribution in [0.15, 0.2) is 48.7 Å². The molecule has 2 N–H and O–H groups in total. The van der Waals surface area contributed by atoms with Crippen molar-refractivity contribution in [3.8, 4) is 0 Å². The highest BCUT2D eigenvalue weighted by molar-refractivity contribution is 5.95. The van der Waals surface area contributed by atoms with Crippen molar-refractivity contribution in [2.45, 2.75) is 6.42 Å². The molecule has 2 rings (SSSR count). The third kappa shape index (κ3) is 2.45. The van der Waals surface area contributed by atoms with E-state index < -0.39 is 0 Å². The van der Waals surface area contributed by atoms with Gasteiger partial charge in [-0.15, -0.1) is 0 Å². The number of ketones is 1. The van der Waals surface area contributed by atoms with Crippen molar-refractivity contribution in [2.24, 2.45) is 0 Å². The molecule has 0 fully saturated rings. The second-order valence-electron chi connectivity index (χ2n) is 3.56. The van der Waals surface area contributed by atoms with Gasteiger partial charge in [-0.3, -0.25) is 9.78 Å². The van der Waals surface area contributed by atoms with Crippen LogP contribution in [-0.4, -0.2) is 10.8 Å². The second kappa shape index (κ2) is 4.57. The van der Waals surface area contributed by atoms with Gasteiger partial charge in [0, 0.05) is 6.42 Å². The normalized spacial score (nSPS) is 10.0. The Hall–Kier alpha value is -2.16. The Kier molecular flexibility index (Phi) is 2.96. The minimum absolute atomic E-state index is 0.00574. The number of pyridine rings is 1. The van der Waals surface area contributed by atoms with E-state index in [-0.39, 0.29) is 5.78 Å². The average Bonchev–Trinajstić information content (AvgIpc) is 2.31. The molecule has 2 aromatic rings. The van der Waals surface area contributed by atoms with Crippen LogP contribution in [0, 0.1) is 0 Å². The number of nitrogen functional groups attached to an aromatic ring is 1. The fourth-order valence-corrected chi connectivity index (χ4v) is 1.44. The molecule has 16 heavy (non-hydrogen) atoms. The Balaban J connectivity index is 2.12. The lowest BCUT2D eigenvalue weighted by atomic mass is 10.1. The molecule has 0 aliphatic carbocycles. The number of benzene rings is 1. The molecule has 80 valence electrons. The van der Waals surface area contributed by atoms with Gasteiger partial charge in [0.1, 0.15) is 5.69 Å². The van der Waals surface area contributed by atoms with E-state index in [1.165, 1.54) is 6.20 Å². The van der Waals surface area contributed by atoms with Gasteiger partial charge in [0.15, 0.2) is 5.78 Å². The molecule has 3 heteroatoms. The molecule has 0 saturated heterocycles. The quantitative estimate of drug-likeness (QED) is 0.792. The number of rotatable bonds is 3. The van der Waals surface area contributed by atoms with Crippen LogP contribution >= 0.6 is 0 Å². The molecule has 0 spiro atoms. The van der Waals surface area contributed by atoms with E-state index in [1.54, 1.807) is 12.1 Å². The maximum atomic E-state index is 11.8. The topological polar surface area (TPSA) is 56.0 Å². The van der Waals surface area contributed by atoms with Gasteiger partial charge >= 0.3 is 0 Å². The van der Waals surface area contributed by atoms with Crippen LogP contribution in [0.5, 0.6) is 0 Å². The van der Waals surface area contributed by atoms with E-state index in [9.17, 15) is 4.79 Å². The molecule has 3 nitrogen and oxygen atoms in total. The molecular formula is C13H12N2O. The van der Waals surface area contributed by atoms with Crippen LogP contribution in [0.2, 0.25) is 0 Å². The number of aromatic nitrogens is 1. The highest BCUT2D eigenvalue weighted by Gasteiger charge is 2.07. The van der Waals surface area contributed by atoms with Gasteiger partial charge in [-0.05, 0) is 17.7 Å². The first-order valence-corrected chi connectivity index (χ1v) is 5.04. The zero-order valence-electron chi connectivity index (χ0n) is 8.76. The van der Waals surface area contributed by atoms with E-state index in [0.29, 0.717) is 17.8 Å². The van der Waals surface area contributed by atoms with Crippen LogP contribution in [0.1, 0.15) is 16.1 Å². The monoisotopic (exact) mass is 212 g/mol. The van der Waals surface area contributed by atoms with Gasteiger partial charge in [-0.1, -0.05) is 30.3 Å². The van der Waals surface area contributed by atoms with Crippen molar-refractivity contribution < 1.29 is 4.79 Å². The Labute approximate surface area is 93.9 Å². The third-order valence-corrected chi connectivity index (χ3v) is 2.28. The lowest BCUT2D eigenvalue weighted by Crippen LogP contribution is -2.06. The highest BCUT2D eigenvalue weighted by atomic mass is 16.1. The largest absolute Gasteiger partial charge is 0.397 e. The Morgan fingerprint density at radius 3 is 2.50 bits per heavy atom. The van der Waals surface area contributed by atoms with E-state index in [4.69, 9.17) is 5.73 Å². The van der Waals surface area contributed by atoms with E-state index in [2.05, 4.69) is 4.98 Å². The molecule has 0 radical (unpaired) electrons. The van der Waals surface area contributed by atoms with Crippen molar-refractivity contribution in [3.63, 3.8) is 0 Å². The summed E-state index contributed by atoms with van der Waals surface area (Å²) < 4.78 is 0. The Morgan fingerprint density at radius 2 is 1.88 bits per heavy atom. The molecule has 0 atom stereocenters. The lowest BCUT2D eigenvalue weighted by molar-refractivity contribution is 0.0988. The van der Waals surface area contributed by atoms with Crippen molar-refractivity contribution >= 4 is 11.5 Å². The fourth-order valence-electron chi connectivity index (χ4n) is 1.44. The zero-order chi connectivity index (χ0) is 11.4. The summed E-state index contributed by atoms with van der Waals surface area (Å²) in [4.78, 5) is 15.8. The highest BCUT2D eigenvalue weighted by Crippen LogP contribution is 2.07. The smallest absolute Gasteiger partial charge is 0.185 e. The van der Waals surface area contributed by atoms with Gasteiger partial charge in [-0.25, -0.2) is 0 Å².